The number of esters is 2. The van der Waals surface area contributed by atoms with Crippen LogP contribution in [-0.4, -0.2) is 80.6 Å². The Morgan fingerprint density at radius 1 is 0.674 bits per heavy atom. The summed E-state index contributed by atoms with van der Waals surface area (Å²) in [7, 11) is 5.49. The first kappa shape index (κ1) is 40.8. The van der Waals surface area contributed by atoms with E-state index in [2.05, 4.69) is 32.1 Å². The predicted molar refractivity (Wildman–Crippen MR) is 174 cm³/mol. The van der Waals surface area contributed by atoms with Gasteiger partial charge in [0.15, 0.2) is 12.1 Å². The zero-order chi connectivity index (χ0) is 32.2. The monoisotopic (exact) mass is 610 g/mol. The van der Waals surface area contributed by atoms with Crippen LogP contribution in [0.4, 0.5) is 0 Å². The molecular weight excluding hydrogens is 546 g/mol. The van der Waals surface area contributed by atoms with E-state index in [1.807, 2.05) is 27.2 Å². The van der Waals surface area contributed by atoms with Gasteiger partial charge in [-0.25, -0.2) is 4.79 Å². The zero-order valence-electron chi connectivity index (χ0n) is 28.2. The van der Waals surface area contributed by atoms with E-state index >= 15 is 0 Å². The summed E-state index contributed by atoms with van der Waals surface area (Å²) in [5.74, 6) is -1.55. The second-order valence-electron chi connectivity index (χ2n) is 12.4. The standard InChI is InChI=1S/C35H63NO7/c1-6-8-10-12-14-16-17-18-20-21-23-25-33(37)42-30-31(29-41-28-27-32(35(39)40)36(3,4)5)43-34(38)26-24-22-19-15-13-11-9-7-2/h12,14,19,22,31-32H,6-11,13,15-18,20-21,23-30H2,1-5H3/p+1/b14-12+,22-19+. The van der Waals surface area contributed by atoms with Gasteiger partial charge >= 0.3 is 17.9 Å². The van der Waals surface area contributed by atoms with E-state index < -0.39 is 18.1 Å². The van der Waals surface area contributed by atoms with Crippen molar-refractivity contribution in [2.75, 3.05) is 41.0 Å². The van der Waals surface area contributed by atoms with Gasteiger partial charge in [0.05, 0.1) is 34.4 Å². The lowest BCUT2D eigenvalue weighted by atomic mass is 10.1. The highest BCUT2D eigenvalue weighted by atomic mass is 16.6. The first-order chi connectivity index (χ1) is 20.6. The number of rotatable bonds is 29. The SMILES string of the molecule is CCCC/C=C/CCCCCCCC(=O)OCC(COCCC(C(=O)O)[N+](C)(C)C)OC(=O)CC/C=C/CCCCCC. The number of quaternary nitrogens is 1. The summed E-state index contributed by atoms with van der Waals surface area (Å²) in [6, 6.07) is -0.616. The van der Waals surface area contributed by atoms with Crippen molar-refractivity contribution in [3.8, 4) is 0 Å². The number of allylic oxidation sites excluding steroid dienone is 4. The molecule has 43 heavy (non-hydrogen) atoms. The van der Waals surface area contributed by atoms with Crippen LogP contribution in [0.1, 0.15) is 129 Å². The number of carboxylic acid groups (broad SMARTS) is 1. The van der Waals surface area contributed by atoms with Crippen LogP contribution >= 0.6 is 0 Å². The van der Waals surface area contributed by atoms with Crippen LogP contribution in [0.15, 0.2) is 24.3 Å². The number of nitrogens with zero attached hydrogens (tertiary/aromatic N) is 1. The van der Waals surface area contributed by atoms with Crippen LogP contribution < -0.4 is 0 Å². The van der Waals surface area contributed by atoms with Crippen molar-refractivity contribution in [1.82, 2.24) is 0 Å². The molecule has 0 spiro atoms. The highest BCUT2D eigenvalue weighted by Crippen LogP contribution is 2.11. The van der Waals surface area contributed by atoms with Crippen molar-refractivity contribution >= 4 is 17.9 Å². The minimum Gasteiger partial charge on any atom is -0.477 e. The Hall–Kier alpha value is -2.19. The molecule has 0 aromatic carbocycles. The van der Waals surface area contributed by atoms with Gasteiger partial charge in [0.2, 0.25) is 0 Å². The fraction of sp³-hybridized carbons (Fsp3) is 0.800. The molecule has 0 radical (unpaired) electrons. The molecule has 0 aliphatic carbocycles. The van der Waals surface area contributed by atoms with Crippen LogP contribution in [-0.2, 0) is 28.6 Å². The molecule has 250 valence electrons. The lowest BCUT2D eigenvalue weighted by molar-refractivity contribution is -0.887. The number of hydrogen-bond donors (Lipinski definition) is 1. The Labute approximate surface area is 262 Å². The number of carbonyl (C=O) groups is 3. The summed E-state index contributed by atoms with van der Waals surface area (Å²) in [6.45, 7) is 4.57. The Kier molecular flexibility index (Phi) is 26.0. The van der Waals surface area contributed by atoms with E-state index in [9.17, 15) is 19.5 Å². The summed E-state index contributed by atoms with van der Waals surface area (Å²) in [5.41, 5.74) is 0. The average molecular weight is 611 g/mol. The first-order valence-electron chi connectivity index (χ1n) is 16.9. The molecule has 8 nitrogen and oxygen atoms in total. The number of carboxylic acids is 1. The maximum Gasteiger partial charge on any atom is 0.362 e. The Balaban J connectivity index is 4.52. The minimum absolute atomic E-state index is 0.0443. The molecule has 0 aromatic heterocycles. The molecule has 1 N–H and O–H groups in total. The summed E-state index contributed by atoms with van der Waals surface area (Å²) in [5, 5.41) is 9.53. The van der Waals surface area contributed by atoms with E-state index in [1.165, 1.54) is 44.9 Å². The summed E-state index contributed by atoms with van der Waals surface area (Å²) in [6.07, 6.45) is 25.3. The van der Waals surface area contributed by atoms with Gasteiger partial charge in [-0.2, -0.15) is 0 Å². The van der Waals surface area contributed by atoms with Crippen molar-refractivity contribution in [1.29, 1.82) is 0 Å². The molecule has 0 rings (SSSR count). The smallest absolute Gasteiger partial charge is 0.362 e. The quantitative estimate of drug-likeness (QED) is 0.0399. The topological polar surface area (TPSA) is 99.1 Å². The predicted octanol–water partition coefficient (Wildman–Crippen LogP) is 7.79. The van der Waals surface area contributed by atoms with Crippen LogP contribution in [0.3, 0.4) is 0 Å². The largest absolute Gasteiger partial charge is 0.477 e. The van der Waals surface area contributed by atoms with Gasteiger partial charge in [0.1, 0.15) is 6.61 Å². The normalized spacial score (nSPS) is 13.4. The maximum absolute atomic E-state index is 12.5. The van der Waals surface area contributed by atoms with Gasteiger partial charge in [-0.05, 0) is 44.9 Å². The van der Waals surface area contributed by atoms with E-state index in [0.29, 0.717) is 19.3 Å². The van der Waals surface area contributed by atoms with Gasteiger partial charge in [-0.15, -0.1) is 0 Å². The molecule has 2 unspecified atom stereocenters. The third kappa shape index (κ3) is 26.0. The number of carbonyl (C=O) groups excluding carboxylic acids is 2. The number of likely N-dealkylation sites (N-methyl/N-ethyl adjacent to an activating group) is 1. The summed E-state index contributed by atoms with van der Waals surface area (Å²) >= 11 is 0. The molecule has 0 saturated carbocycles. The molecule has 8 heteroatoms. The van der Waals surface area contributed by atoms with Gasteiger partial charge in [-0.1, -0.05) is 89.5 Å². The number of unbranched alkanes of at least 4 members (excludes halogenated alkanes) is 11. The molecule has 0 aromatic rings. The van der Waals surface area contributed by atoms with Crippen LogP contribution in [0.2, 0.25) is 0 Å². The fourth-order valence-electron chi connectivity index (χ4n) is 4.62. The Morgan fingerprint density at radius 2 is 1.23 bits per heavy atom. The van der Waals surface area contributed by atoms with E-state index in [0.717, 1.165) is 44.9 Å². The van der Waals surface area contributed by atoms with Gasteiger partial charge in [-0.3, -0.25) is 9.59 Å². The third-order valence-electron chi connectivity index (χ3n) is 7.34. The second-order valence-corrected chi connectivity index (χ2v) is 12.4. The van der Waals surface area contributed by atoms with Gasteiger partial charge < -0.3 is 23.8 Å². The van der Waals surface area contributed by atoms with Crippen molar-refractivity contribution in [2.24, 2.45) is 0 Å². The number of ether oxygens (including phenoxy) is 3. The lowest BCUT2D eigenvalue weighted by Crippen LogP contribution is -2.50. The maximum atomic E-state index is 12.5. The van der Waals surface area contributed by atoms with Crippen LogP contribution in [0, 0.1) is 0 Å². The first-order valence-corrected chi connectivity index (χ1v) is 16.9. The molecule has 0 saturated heterocycles. The van der Waals surface area contributed by atoms with E-state index in [1.54, 1.807) is 0 Å². The van der Waals surface area contributed by atoms with Crippen molar-refractivity contribution < 1.29 is 38.2 Å². The molecular formula is C35H64NO7+. The van der Waals surface area contributed by atoms with E-state index in [4.69, 9.17) is 14.2 Å². The summed E-state index contributed by atoms with van der Waals surface area (Å²) in [4.78, 5) is 36.5. The highest BCUT2D eigenvalue weighted by molar-refractivity contribution is 5.72. The second kappa shape index (κ2) is 27.4. The Morgan fingerprint density at radius 3 is 1.84 bits per heavy atom. The molecule has 0 heterocycles. The minimum atomic E-state index is -0.884. The van der Waals surface area contributed by atoms with Crippen LogP contribution in [0.5, 0.6) is 0 Å². The van der Waals surface area contributed by atoms with Gasteiger partial charge in [0, 0.05) is 19.3 Å². The fourth-order valence-corrected chi connectivity index (χ4v) is 4.62. The molecule has 2 atom stereocenters. The third-order valence-corrected chi connectivity index (χ3v) is 7.34. The molecule has 0 fully saturated rings. The highest BCUT2D eigenvalue weighted by Gasteiger charge is 2.31. The molecule has 0 aliphatic heterocycles. The average Bonchev–Trinajstić information content (AvgIpc) is 2.94. The number of hydrogen-bond acceptors (Lipinski definition) is 6. The molecule has 0 aliphatic rings. The van der Waals surface area contributed by atoms with Crippen LogP contribution in [0.25, 0.3) is 0 Å². The zero-order valence-corrected chi connectivity index (χ0v) is 28.2. The van der Waals surface area contributed by atoms with E-state index in [-0.39, 0.29) is 42.7 Å². The lowest BCUT2D eigenvalue weighted by Gasteiger charge is -2.31. The van der Waals surface area contributed by atoms with Gasteiger partial charge in [0.25, 0.3) is 0 Å². The summed E-state index contributed by atoms with van der Waals surface area (Å²) < 4.78 is 17.0. The van der Waals surface area contributed by atoms with Crippen molar-refractivity contribution in [3.63, 3.8) is 0 Å². The molecule has 0 amide bonds. The van der Waals surface area contributed by atoms with Crippen molar-refractivity contribution in [2.45, 2.75) is 142 Å². The Bertz CT molecular complexity index is 773. The molecule has 0 bridgehead atoms. The van der Waals surface area contributed by atoms with Crippen molar-refractivity contribution in [3.05, 3.63) is 24.3 Å². The number of aliphatic carboxylic acids is 1.